The molecular weight excluding hydrogens is 659 g/mol. The maximum absolute atomic E-state index is 15.5. The molecule has 13 heteroatoms. The van der Waals surface area contributed by atoms with Crippen molar-refractivity contribution in [2.45, 2.75) is 81.4 Å². The zero-order valence-electron chi connectivity index (χ0n) is 27.6. The molecule has 2 saturated heterocycles. The summed E-state index contributed by atoms with van der Waals surface area (Å²) in [5.41, 5.74) is 0.877. The number of carbonyl (C=O) groups excluding carboxylic acids is 2. The van der Waals surface area contributed by atoms with Crippen LogP contribution in [0.2, 0.25) is 5.02 Å². The third kappa shape index (κ3) is 8.05. The lowest BCUT2D eigenvalue weighted by atomic mass is 9.60. The number of carbonyl (C=O) groups is 2. The quantitative estimate of drug-likeness (QED) is 0.281. The molecule has 1 saturated carbocycles. The van der Waals surface area contributed by atoms with E-state index < -0.39 is 39.2 Å². The first-order valence-corrected chi connectivity index (χ1v) is 18.6. The van der Waals surface area contributed by atoms with Crippen molar-refractivity contribution in [1.82, 2.24) is 14.9 Å². The van der Waals surface area contributed by atoms with Crippen LogP contribution >= 0.6 is 11.6 Å². The van der Waals surface area contributed by atoms with Gasteiger partial charge in [0.1, 0.15) is 5.82 Å². The highest BCUT2D eigenvalue weighted by Gasteiger charge is 2.48. The molecule has 48 heavy (non-hydrogen) atoms. The van der Waals surface area contributed by atoms with Crippen LogP contribution in [-0.4, -0.2) is 76.0 Å². The number of alkyl carbamates (subject to hydrolysis) is 1. The molecule has 2 aromatic rings. The second-order valence-corrected chi connectivity index (χ2v) is 15.6. The van der Waals surface area contributed by atoms with Gasteiger partial charge < -0.3 is 20.1 Å². The Kier molecular flexibility index (Phi) is 11.8. The van der Waals surface area contributed by atoms with E-state index in [-0.39, 0.29) is 29.6 Å². The van der Waals surface area contributed by atoms with Gasteiger partial charge >= 0.3 is 6.09 Å². The lowest BCUT2D eigenvalue weighted by Gasteiger charge is -2.45. The first-order chi connectivity index (χ1) is 23.0. The Morgan fingerprint density at radius 1 is 1.15 bits per heavy atom. The van der Waals surface area contributed by atoms with Gasteiger partial charge in [-0.1, -0.05) is 36.4 Å². The molecule has 2 amide bonds. The number of fused-ring (bicyclic) bond motifs is 2. The van der Waals surface area contributed by atoms with Gasteiger partial charge in [0.25, 0.3) is 0 Å². The number of nitrogens with zero attached hydrogens (tertiary/aromatic N) is 1. The maximum atomic E-state index is 15.5. The SMILES string of the molecule is C=C(NC(=O)OC)[C@H](C(=O)Nc1cccc(F)c1CCC[C@H]1CN[C@@H]2CCCS(=O)(=O)N1C2)C1(c2ccc(Cl)cc2)CCC(OC)CC1. The summed E-state index contributed by atoms with van der Waals surface area (Å²) >= 11 is 6.25. The van der Waals surface area contributed by atoms with Gasteiger partial charge in [-0.2, -0.15) is 4.31 Å². The van der Waals surface area contributed by atoms with Gasteiger partial charge in [-0.25, -0.2) is 17.6 Å². The number of benzene rings is 2. The summed E-state index contributed by atoms with van der Waals surface area (Å²) < 4.78 is 53.5. The smallest absolute Gasteiger partial charge is 0.411 e. The van der Waals surface area contributed by atoms with Crippen LogP contribution in [0.3, 0.4) is 0 Å². The second kappa shape index (κ2) is 15.7. The molecule has 0 aromatic heterocycles. The molecule has 2 aliphatic heterocycles. The van der Waals surface area contributed by atoms with Crippen molar-refractivity contribution in [3.63, 3.8) is 0 Å². The van der Waals surface area contributed by atoms with Crippen molar-refractivity contribution < 1.29 is 31.9 Å². The van der Waals surface area contributed by atoms with Gasteiger partial charge in [-0.15, -0.1) is 0 Å². The molecule has 0 radical (unpaired) electrons. The van der Waals surface area contributed by atoms with E-state index in [2.05, 4.69) is 22.5 Å². The predicted molar refractivity (Wildman–Crippen MR) is 184 cm³/mol. The zero-order chi connectivity index (χ0) is 34.5. The van der Waals surface area contributed by atoms with E-state index in [1.54, 1.807) is 35.7 Å². The molecule has 4 atom stereocenters. The summed E-state index contributed by atoms with van der Waals surface area (Å²) in [6.07, 6.45) is 4.52. The molecule has 3 N–H and O–H groups in total. The molecule has 1 unspecified atom stereocenters. The lowest BCUT2D eigenvalue weighted by Crippen LogP contribution is -2.57. The summed E-state index contributed by atoms with van der Waals surface area (Å²) in [6.45, 7) is 5.14. The normalized spacial score (nSPS) is 27.2. The summed E-state index contributed by atoms with van der Waals surface area (Å²) in [6, 6.07) is 11.8. The Labute approximate surface area is 287 Å². The van der Waals surface area contributed by atoms with Gasteiger partial charge in [0, 0.05) is 59.7 Å². The Morgan fingerprint density at radius 3 is 2.56 bits per heavy atom. The van der Waals surface area contributed by atoms with Crippen LogP contribution in [0.15, 0.2) is 54.7 Å². The van der Waals surface area contributed by atoms with E-state index >= 15 is 4.39 Å². The van der Waals surface area contributed by atoms with Crippen LogP contribution in [0.25, 0.3) is 0 Å². The van der Waals surface area contributed by atoms with Crippen molar-refractivity contribution in [3.8, 4) is 0 Å². The van der Waals surface area contributed by atoms with E-state index in [9.17, 15) is 18.0 Å². The van der Waals surface area contributed by atoms with Crippen LogP contribution in [0.5, 0.6) is 0 Å². The fourth-order valence-electron chi connectivity index (χ4n) is 7.76. The fraction of sp³-hybridized carbons (Fsp3) is 0.543. The van der Waals surface area contributed by atoms with E-state index in [1.807, 2.05) is 12.1 Å². The Balaban J connectivity index is 1.41. The first kappa shape index (κ1) is 36.3. The number of amides is 2. The number of sulfonamides is 1. The molecule has 5 rings (SSSR count). The zero-order valence-corrected chi connectivity index (χ0v) is 29.2. The Bertz CT molecular complexity index is 1580. The topological polar surface area (TPSA) is 126 Å². The predicted octanol–water partition coefficient (Wildman–Crippen LogP) is 5.52. The maximum Gasteiger partial charge on any atom is 0.411 e. The fourth-order valence-corrected chi connectivity index (χ4v) is 9.69. The Hall–Kier alpha value is -3.03. The van der Waals surface area contributed by atoms with Gasteiger partial charge in [0.15, 0.2) is 0 Å². The number of nitrogens with one attached hydrogen (secondary N) is 3. The molecular formula is C35H46ClFN4O6S. The minimum absolute atomic E-state index is 0.0142. The average molecular weight is 705 g/mol. The van der Waals surface area contributed by atoms with Crippen LogP contribution in [0.1, 0.15) is 62.5 Å². The highest BCUT2D eigenvalue weighted by molar-refractivity contribution is 7.89. The number of rotatable bonds is 11. The number of hydrogen-bond acceptors (Lipinski definition) is 7. The molecule has 3 fully saturated rings. The van der Waals surface area contributed by atoms with Crippen molar-refractivity contribution in [2.24, 2.45) is 5.92 Å². The summed E-state index contributed by atoms with van der Waals surface area (Å²) in [5.74, 6) is -1.73. The van der Waals surface area contributed by atoms with Crippen molar-refractivity contribution in [2.75, 3.05) is 38.4 Å². The average Bonchev–Trinajstić information content (AvgIpc) is 3.18. The molecule has 2 aromatic carbocycles. The third-order valence-corrected chi connectivity index (χ3v) is 12.5. The highest BCUT2D eigenvalue weighted by Crippen LogP contribution is 2.48. The number of piperazine rings is 1. The van der Waals surface area contributed by atoms with Gasteiger partial charge in [0.05, 0.1) is 24.9 Å². The summed E-state index contributed by atoms with van der Waals surface area (Å²) in [5, 5.41) is 9.66. The van der Waals surface area contributed by atoms with Gasteiger partial charge in [-0.3, -0.25) is 10.1 Å². The van der Waals surface area contributed by atoms with Crippen LogP contribution in [0, 0.1) is 11.7 Å². The van der Waals surface area contributed by atoms with E-state index in [4.69, 9.17) is 21.1 Å². The first-order valence-electron chi connectivity index (χ1n) is 16.6. The second-order valence-electron chi connectivity index (χ2n) is 13.1. The Morgan fingerprint density at radius 2 is 1.88 bits per heavy atom. The van der Waals surface area contributed by atoms with Crippen molar-refractivity contribution in [1.29, 1.82) is 0 Å². The number of anilines is 1. The van der Waals surface area contributed by atoms with Gasteiger partial charge in [0.2, 0.25) is 15.9 Å². The largest absolute Gasteiger partial charge is 0.453 e. The van der Waals surface area contributed by atoms with E-state index in [0.717, 1.165) is 12.0 Å². The minimum atomic E-state index is -3.34. The molecule has 0 spiro atoms. The van der Waals surface area contributed by atoms with Crippen LogP contribution in [-0.2, 0) is 36.1 Å². The molecule has 3 aliphatic rings. The third-order valence-electron chi connectivity index (χ3n) is 10.3. The lowest BCUT2D eigenvalue weighted by molar-refractivity contribution is -0.122. The molecule has 2 heterocycles. The van der Waals surface area contributed by atoms with Crippen molar-refractivity contribution >= 4 is 39.3 Å². The number of ether oxygens (including phenoxy) is 2. The standard InChI is InChI=1S/C35H46ClFN4O6S/c1-23(39-34(43)47-3)32(35(18-16-28(46-2)17-19-35)24-12-14-25(36)15-13-24)33(42)40-31-11-5-10-30(37)29(31)9-4-8-27-21-38-26-7-6-20-48(44,45)41(27)22-26/h5,10-15,26-28,32,38H,1,4,6-9,16-22H2,2-3H3,(H,39,43)(H,40,42)/t26-,27+,28?,32-,35?/m1/s1. The van der Waals surface area contributed by atoms with E-state index in [0.29, 0.717) is 80.7 Å². The summed E-state index contributed by atoms with van der Waals surface area (Å²) in [7, 11) is -0.440. The van der Waals surface area contributed by atoms with Crippen LogP contribution in [0.4, 0.5) is 14.9 Å². The molecule has 10 nitrogen and oxygen atoms in total. The summed E-state index contributed by atoms with van der Waals surface area (Å²) in [4.78, 5) is 26.9. The van der Waals surface area contributed by atoms with Crippen LogP contribution < -0.4 is 16.0 Å². The minimum Gasteiger partial charge on any atom is -0.453 e. The molecule has 1 aliphatic carbocycles. The monoisotopic (exact) mass is 704 g/mol. The van der Waals surface area contributed by atoms with Crippen molar-refractivity contribution in [3.05, 3.63) is 76.7 Å². The number of halogens is 2. The molecule has 2 bridgehead atoms. The van der Waals surface area contributed by atoms with Gasteiger partial charge in [-0.05, 0) is 87.6 Å². The number of hydrogen-bond donors (Lipinski definition) is 3. The highest BCUT2D eigenvalue weighted by atomic mass is 35.5. The molecule has 262 valence electrons. The number of methoxy groups -OCH3 is 2. The van der Waals surface area contributed by atoms with E-state index in [1.165, 1.54) is 13.2 Å².